The molecule has 1 atom stereocenters. The number of alkyl halides is 1. The first-order valence-corrected chi connectivity index (χ1v) is 8.92. The number of aryl methyl sites for hydroxylation is 1. The van der Waals surface area contributed by atoms with Crippen molar-refractivity contribution >= 4 is 17.6 Å². The molecule has 0 N–H and O–H groups in total. The van der Waals surface area contributed by atoms with Crippen molar-refractivity contribution in [1.82, 2.24) is 0 Å². The van der Waals surface area contributed by atoms with Crippen LogP contribution in [0.15, 0.2) is 24.3 Å². The highest BCUT2D eigenvalue weighted by Gasteiger charge is 2.18. The number of halogens is 1. The highest BCUT2D eigenvalue weighted by Crippen LogP contribution is 2.35. The van der Waals surface area contributed by atoms with Crippen molar-refractivity contribution in [1.29, 1.82) is 0 Å². The van der Waals surface area contributed by atoms with Crippen molar-refractivity contribution in [3.8, 4) is 0 Å². The lowest BCUT2D eigenvalue weighted by molar-refractivity contribution is -0.140. The smallest absolute Gasteiger partial charge is 0.305 e. The van der Waals surface area contributed by atoms with Gasteiger partial charge in [0.15, 0.2) is 0 Å². The van der Waals surface area contributed by atoms with Gasteiger partial charge in [0.05, 0.1) is 12.5 Å². The van der Waals surface area contributed by atoms with Crippen molar-refractivity contribution in [3.63, 3.8) is 0 Å². The van der Waals surface area contributed by atoms with Gasteiger partial charge < -0.3 is 4.74 Å². The standard InChI is InChI=1S/C19H27ClO2/c1-22-19(21)9-5-8-15-10-12-17(13-11-15)18(20)14-16-6-3-2-4-7-16/h10-13,16,18H,2-9,14H2,1H3. The van der Waals surface area contributed by atoms with Crippen molar-refractivity contribution in [2.24, 2.45) is 5.92 Å². The number of carbonyl (C=O) groups is 1. The van der Waals surface area contributed by atoms with Crippen LogP contribution >= 0.6 is 11.6 Å². The zero-order valence-corrected chi connectivity index (χ0v) is 14.3. The average Bonchev–Trinajstić information content (AvgIpc) is 2.56. The molecule has 1 aromatic carbocycles. The molecule has 3 heteroatoms. The van der Waals surface area contributed by atoms with Gasteiger partial charge in [-0.1, -0.05) is 56.4 Å². The van der Waals surface area contributed by atoms with Gasteiger partial charge in [0.25, 0.3) is 0 Å². The van der Waals surface area contributed by atoms with Crippen LogP contribution in [0.2, 0.25) is 0 Å². The molecular formula is C19H27ClO2. The highest BCUT2D eigenvalue weighted by molar-refractivity contribution is 6.20. The van der Waals surface area contributed by atoms with Gasteiger partial charge in [0, 0.05) is 6.42 Å². The number of hydrogen-bond acceptors (Lipinski definition) is 2. The second-order valence-electron chi connectivity index (χ2n) is 6.38. The fourth-order valence-electron chi connectivity index (χ4n) is 3.28. The minimum Gasteiger partial charge on any atom is -0.469 e. The second kappa shape index (κ2) is 9.19. The second-order valence-corrected chi connectivity index (χ2v) is 6.91. The first-order chi connectivity index (χ1) is 10.7. The third-order valence-electron chi connectivity index (χ3n) is 4.68. The quantitative estimate of drug-likeness (QED) is 0.494. The minimum atomic E-state index is -0.134. The Kier molecular flexibility index (Phi) is 7.24. The molecule has 22 heavy (non-hydrogen) atoms. The maximum atomic E-state index is 11.1. The Morgan fingerprint density at radius 2 is 1.91 bits per heavy atom. The number of methoxy groups -OCH3 is 1. The zero-order chi connectivity index (χ0) is 15.8. The lowest BCUT2D eigenvalue weighted by atomic mass is 9.85. The lowest BCUT2D eigenvalue weighted by Crippen LogP contribution is -2.08. The molecule has 0 aromatic heterocycles. The summed E-state index contributed by atoms with van der Waals surface area (Å²) in [6.45, 7) is 0. The molecule has 0 bridgehead atoms. The maximum absolute atomic E-state index is 11.1. The fourth-order valence-corrected chi connectivity index (χ4v) is 3.68. The first kappa shape index (κ1) is 17.3. The van der Waals surface area contributed by atoms with E-state index in [1.165, 1.54) is 50.3 Å². The van der Waals surface area contributed by atoms with Crippen molar-refractivity contribution in [2.75, 3.05) is 7.11 Å². The Hall–Kier alpha value is -1.02. The van der Waals surface area contributed by atoms with Crippen LogP contribution in [0.3, 0.4) is 0 Å². The molecule has 2 nitrogen and oxygen atoms in total. The number of esters is 1. The number of carbonyl (C=O) groups excluding carboxylic acids is 1. The van der Waals surface area contributed by atoms with Crippen LogP contribution in [0.5, 0.6) is 0 Å². The van der Waals surface area contributed by atoms with E-state index in [0.29, 0.717) is 6.42 Å². The number of rotatable bonds is 7. The summed E-state index contributed by atoms with van der Waals surface area (Å²) in [5.41, 5.74) is 2.48. The molecule has 122 valence electrons. The third kappa shape index (κ3) is 5.64. The van der Waals surface area contributed by atoms with Crippen LogP contribution in [-0.2, 0) is 16.0 Å². The Labute approximate surface area is 139 Å². The van der Waals surface area contributed by atoms with Gasteiger partial charge in [-0.2, -0.15) is 0 Å². The van der Waals surface area contributed by atoms with Gasteiger partial charge in [0.2, 0.25) is 0 Å². The van der Waals surface area contributed by atoms with Gasteiger partial charge >= 0.3 is 5.97 Å². The SMILES string of the molecule is COC(=O)CCCc1ccc(C(Cl)CC2CCCCC2)cc1. The molecule has 1 aromatic rings. The van der Waals surface area contributed by atoms with E-state index < -0.39 is 0 Å². The molecule has 0 radical (unpaired) electrons. The van der Waals surface area contributed by atoms with Gasteiger partial charge in [-0.3, -0.25) is 4.79 Å². The van der Waals surface area contributed by atoms with E-state index in [0.717, 1.165) is 25.2 Å². The summed E-state index contributed by atoms with van der Waals surface area (Å²) in [4.78, 5) is 11.1. The Morgan fingerprint density at radius 1 is 1.23 bits per heavy atom. The highest BCUT2D eigenvalue weighted by atomic mass is 35.5. The van der Waals surface area contributed by atoms with E-state index in [-0.39, 0.29) is 11.3 Å². The van der Waals surface area contributed by atoms with Crippen LogP contribution in [0.25, 0.3) is 0 Å². The number of ether oxygens (including phenoxy) is 1. The van der Waals surface area contributed by atoms with Gasteiger partial charge in [-0.05, 0) is 36.3 Å². The van der Waals surface area contributed by atoms with Crippen LogP contribution in [0.4, 0.5) is 0 Å². The minimum absolute atomic E-state index is 0.132. The summed E-state index contributed by atoms with van der Waals surface area (Å²) in [6.07, 6.45) is 10.1. The van der Waals surface area contributed by atoms with Gasteiger partial charge in [-0.25, -0.2) is 0 Å². The van der Waals surface area contributed by atoms with Crippen LogP contribution in [0.1, 0.15) is 67.9 Å². The van der Waals surface area contributed by atoms with Crippen molar-refractivity contribution in [3.05, 3.63) is 35.4 Å². The van der Waals surface area contributed by atoms with Gasteiger partial charge in [0.1, 0.15) is 0 Å². The molecular weight excluding hydrogens is 296 g/mol. The van der Waals surface area contributed by atoms with Gasteiger partial charge in [-0.15, -0.1) is 11.6 Å². The number of benzene rings is 1. The Balaban J connectivity index is 1.78. The van der Waals surface area contributed by atoms with Crippen LogP contribution in [0, 0.1) is 5.92 Å². The summed E-state index contributed by atoms with van der Waals surface area (Å²) in [7, 11) is 1.43. The molecule has 1 fully saturated rings. The van der Waals surface area contributed by atoms with E-state index in [9.17, 15) is 4.79 Å². The van der Waals surface area contributed by atoms with E-state index in [4.69, 9.17) is 11.6 Å². The molecule has 0 heterocycles. The largest absolute Gasteiger partial charge is 0.469 e. The molecule has 0 saturated heterocycles. The molecule has 0 aliphatic heterocycles. The number of hydrogen-bond donors (Lipinski definition) is 0. The predicted molar refractivity (Wildman–Crippen MR) is 91.2 cm³/mol. The fraction of sp³-hybridized carbons (Fsp3) is 0.632. The molecule has 1 unspecified atom stereocenters. The van der Waals surface area contributed by atoms with E-state index >= 15 is 0 Å². The van der Waals surface area contributed by atoms with Crippen molar-refractivity contribution in [2.45, 2.75) is 63.2 Å². The summed E-state index contributed by atoms with van der Waals surface area (Å²) in [5, 5.41) is 0.132. The summed E-state index contributed by atoms with van der Waals surface area (Å²) < 4.78 is 4.65. The van der Waals surface area contributed by atoms with Crippen LogP contribution in [-0.4, -0.2) is 13.1 Å². The summed E-state index contributed by atoms with van der Waals surface area (Å²) in [6, 6.07) is 8.58. The molecule has 0 spiro atoms. The normalized spacial score (nSPS) is 17.2. The molecule has 0 amide bonds. The van der Waals surface area contributed by atoms with E-state index in [1.807, 2.05) is 0 Å². The van der Waals surface area contributed by atoms with Crippen LogP contribution < -0.4 is 0 Å². The lowest BCUT2D eigenvalue weighted by Gasteiger charge is -2.23. The monoisotopic (exact) mass is 322 g/mol. The maximum Gasteiger partial charge on any atom is 0.305 e. The van der Waals surface area contributed by atoms with E-state index in [2.05, 4.69) is 29.0 Å². The summed E-state index contributed by atoms with van der Waals surface area (Å²) >= 11 is 6.60. The Morgan fingerprint density at radius 3 is 2.55 bits per heavy atom. The molecule has 1 aliphatic rings. The topological polar surface area (TPSA) is 26.3 Å². The molecule has 1 saturated carbocycles. The summed E-state index contributed by atoms with van der Waals surface area (Å²) in [5.74, 6) is 0.668. The third-order valence-corrected chi connectivity index (χ3v) is 5.11. The Bertz CT molecular complexity index is 449. The molecule has 2 rings (SSSR count). The molecule has 1 aliphatic carbocycles. The average molecular weight is 323 g/mol. The predicted octanol–water partition coefficient (Wildman–Crippen LogP) is 5.43. The van der Waals surface area contributed by atoms with E-state index in [1.54, 1.807) is 0 Å². The zero-order valence-electron chi connectivity index (χ0n) is 13.5. The van der Waals surface area contributed by atoms with Crippen molar-refractivity contribution < 1.29 is 9.53 Å². The first-order valence-electron chi connectivity index (χ1n) is 8.48.